The smallest absolute Gasteiger partial charge is 0.0874 e. The minimum atomic E-state index is 0.870. The maximum atomic E-state index is 4.34. The van der Waals surface area contributed by atoms with Crippen LogP contribution in [0.4, 0.5) is 0 Å². The summed E-state index contributed by atoms with van der Waals surface area (Å²) in [6, 6.07) is 0. The molecule has 0 radical (unpaired) electrons. The SMILES string of the molecule is Cc1c[nH+]on1. The summed E-state index contributed by atoms with van der Waals surface area (Å²) in [5, 5.41) is 5.93. The van der Waals surface area contributed by atoms with Gasteiger partial charge in [0.1, 0.15) is 0 Å². The van der Waals surface area contributed by atoms with E-state index in [1.54, 1.807) is 6.20 Å². The second-order valence-electron chi connectivity index (χ2n) is 1.09. The summed E-state index contributed by atoms with van der Waals surface area (Å²) in [6.07, 6.45) is 1.68. The van der Waals surface area contributed by atoms with Crippen LogP contribution in [0.1, 0.15) is 5.69 Å². The minimum absolute atomic E-state index is 0.870. The van der Waals surface area contributed by atoms with Gasteiger partial charge in [-0.05, 0) is 0 Å². The Morgan fingerprint density at radius 2 is 2.83 bits per heavy atom. The molecule has 3 nitrogen and oxygen atoms in total. The Balaban J connectivity index is 3.05. The third-order valence-corrected chi connectivity index (χ3v) is 0.510. The molecule has 0 aliphatic heterocycles. The van der Waals surface area contributed by atoms with Crippen LogP contribution >= 0.6 is 0 Å². The molecule has 1 N–H and O–H groups in total. The molecule has 1 rings (SSSR count). The monoisotopic (exact) mass is 85.0 g/mol. The summed E-state index contributed by atoms with van der Waals surface area (Å²) >= 11 is 0. The zero-order chi connectivity index (χ0) is 4.41. The van der Waals surface area contributed by atoms with Crippen molar-refractivity contribution in [1.82, 2.24) is 5.16 Å². The molecule has 6 heavy (non-hydrogen) atoms. The molecule has 1 aromatic heterocycles. The van der Waals surface area contributed by atoms with Gasteiger partial charge in [-0.25, -0.2) is 0 Å². The molecule has 0 bridgehead atoms. The quantitative estimate of drug-likeness (QED) is 0.437. The van der Waals surface area contributed by atoms with E-state index >= 15 is 0 Å². The van der Waals surface area contributed by atoms with Crippen molar-refractivity contribution in [3.05, 3.63) is 11.9 Å². The number of aryl methyl sites for hydroxylation is 1. The van der Waals surface area contributed by atoms with Crippen molar-refractivity contribution in [2.45, 2.75) is 6.92 Å². The topological polar surface area (TPSA) is 40.2 Å². The van der Waals surface area contributed by atoms with Crippen LogP contribution < -0.4 is 5.16 Å². The number of hydrogen-bond acceptors (Lipinski definition) is 2. The molecule has 0 aliphatic carbocycles. The molecule has 0 atom stereocenters. The number of hydrogen-bond donors (Lipinski definition) is 0. The molecule has 0 aliphatic rings. The highest BCUT2D eigenvalue weighted by Gasteiger charge is 1.91. The van der Waals surface area contributed by atoms with E-state index in [1.165, 1.54) is 0 Å². The van der Waals surface area contributed by atoms with Gasteiger partial charge in [0.05, 0.1) is 0 Å². The Bertz CT molecular complexity index is 112. The zero-order valence-electron chi connectivity index (χ0n) is 3.43. The highest BCUT2D eigenvalue weighted by Crippen LogP contribution is 1.76. The molecule has 0 spiro atoms. The highest BCUT2D eigenvalue weighted by molar-refractivity contribution is 4.77. The van der Waals surface area contributed by atoms with Crippen LogP contribution in [0.25, 0.3) is 0 Å². The fourth-order valence-electron chi connectivity index (χ4n) is 0.236. The van der Waals surface area contributed by atoms with Crippen LogP contribution in [0.15, 0.2) is 10.8 Å². The lowest BCUT2D eigenvalue weighted by molar-refractivity contribution is -0.622. The van der Waals surface area contributed by atoms with E-state index in [1.807, 2.05) is 6.92 Å². The molecule has 0 amide bonds. The van der Waals surface area contributed by atoms with Crippen LogP contribution in [0.5, 0.6) is 0 Å². The molecule has 0 saturated heterocycles. The Kier molecular flexibility index (Phi) is 0.602. The molecule has 32 valence electrons. The lowest BCUT2D eigenvalue weighted by atomic mass is 10.6. The third kappa shape index (κ3) is 0.381. The Morgan fingerprint density at radius 3 is 3.00 bits per heavy atom. The van der Waals surface area contributed by atoms with Gasteiger partial charge in [0.25, 0.3) is 0 Å². The molecule has 3 heteroatoms. The highest BCUT2D eigenvalue weighted by atomic mass is 16.6. The van der Waals surface area contributed by atoms with Crippen LogP contribution in [-0.2, 0) is 0 Å². The van der Waals surface area contributed by atoms with Crippen LogP contribution in [0.3, 0.4) is 0 Å². The Morgan fingerprint density at radius 1 is 2.00 bits per heavy atom. The van der Waals surface area contributed by atoms with Crippen molar-refractivity contribution in [3.8, 4) is 0 Å². The first-order chi connectivity index (χ1) is 2.89. The molecule has 0 aromatic carbocycles. The maximum Gasteiger partial charge on any atom is 0.239 e. The van der Waals surface area contributed by atoms with E-state index < -0.39 is 0 Å². The van der Waals surface area contributed by atoms with Crippen molar-refractivity contribution in [2.75, 3.05) is 0 Å². The Labute approximate surface area is 34.9 Å². The van der Waals surface area contributed by atoms with Gasteiger partial charge in [-0.3, -0.25) is 0 Å². The summed E-state index contributed by atoms with van der Waals surface area (Å²) in [6.45, 7) is 1.85. The van der Waals surface area contributed by atoms with Gasteiger partial charge in [-0.15, -0.1) is 0 Å². The van der Waals surface area contributed by atoms with Gasteiger partial charge in [0.2, 0.25) is 5.69 Å². The van der Waals surface area contributed by atoms with Crippen molar-refractivity contribution in [1.29, 1.82) is 0 Å². The number of aromatic amines is 1. The van der Waals surface area contributed by atoms with Crippen molar-refractivity contribution in [2.24, 2.45) is 0 Å². The largest absolute Gasteiger partial charge is 0.239 e. The summed E-state index contributed by atoms with van der Waals surface area (Å²) in [5.74, 6) is 0. The number of H-pyrrole nitrogens is 1. The third-order valence-electron chi connectivity index (χ3n) is 0.510. The van der Waals surface area contributed by atoms with E-state index in [-0.39, 0.29) is 0 Å². The number of rotatable bonds is 0. The maximum absolute atomic E-state index is 4.34. The number of nitrogens with zero attached hydrogens (tertiary/aromatic N) is 1. The predicted molar refractivity (Wildman–Crippen MR) is 17.8 cm³/mol. The predicted octanol–water partition coefficient (Wildman–Crippen LogP) is -0.203. The van der Waals surface area contributed by atoms with E-state index in [9.17, 15) is 0 Å². The first-order valence-corrected chi connectivity index (χ1v) is 1.69. The van der Waals surface area contributed by atoms with Gasteiger partial charge < -0.3 is 0 Å². The fourth-order valence-corrected chi connectivity index (χ4v) is 0.236. The normalized spacial score (nSPS) is 8.83. The lowest BCUT2D eigenvalue weighted by Gasteiger charge is -1.45. The second-order valence-corrected chi connectivity index (χ2v) is 1.09. The first kappa shape index (κ1) is 3.33. The fraction of sp³-hybridized carbons (Fsp3) is 0.333. The first-order valence-electron chi connectivity index (χ1n) is 1.69. The van der Waals surface area contributed by atoms with Gasteiger partial charge in [0.15, 0.2) is 11.4 Å². The standard InChI is InChI=1S/C3H4N2O/c1-3-2-4-6-5-3/h2H,1H3/p+1. The van der Waals surface area contributed by atoms with Gasteiger partial charge in [-0.2, -0.15) is 0 Å². The Hall–Kier alpha value is -0.860. The van der Waals surface area contributed by atoms with Crippen molar-refractivity contribution < 1.29 is 9.79 Å². The average molecular weight is 85.1 g/mol. The molecule has 0 unspecified atom stereocenters. The summed E-state index contributed by atoms with van der Waals surface area (Å²) in [5.41, 5.74) is 0.870. The summed E-state index contributed by atoms with van der Waals surface area (Å²) in [7, 11) is 0. The average Bonchev–Trinajstić information content (AvgIpc) is 1.86. The van der Waals surface area contributed by atoms with Gasteiger partial charge in [-0.1, -0.05) is 9.79 Å². The molecule has 0 saturated carbocycles. The molecular formula is C3H5N2O+. The van der Waals surface area contributed by atoms with Crippen molar-refractivity contribution in [3.63, 3.8) is 0 Å². The van der Waals surface area contributed by atoms with Crippen LogP contribution in [0, 0.1) is 6.92 Å². The lowest BCUT2D eigenvalue weighted by Crippen LogP contribution is -1.88. The molecular weight excluding hydrogens is 80.0 g/mol. The van der Waals surface area contributed by atoms with Crippen molar-refractivity contribution >= 4 is 0 Å². The molecule has 0 fully saturated rings. The van der Waals surface area contributed by atoms with Crippen LogP contribution in [-0.4, -0.2) is 5.16 Å². The minimum Gasteiger partial charge on any atom is -0.0874 e. The summed E-state index contributed by atoms with van der Waals surface area (Å²) in [4.78, 5) is 0. The summed E-state index contributed by atoms with van der Waals surface area (Å²) < 4.78 is 4.34. The number of aromatic nitrogens is 2. The van der Waals surface area contributed by atoms with Crippen LogP contribution in [0.2, 0.25) is 0 Å². The van der Waals surface area contributed by atoms with Gasteiger partial charge >= 0.3 is 0 Å². The van der Waals surface area contributed by atoms with E-state index in [2.05, 4.69) is 14.9 Å². The van der Waals surface area contributed by atoms with E-state index in [4.69, 9.17) is 0 Å². The molecule has 1 heterocycles. The van der Waals surface area contributed by atoms with E-state index in [0.717, 1.165) is 5.69 Å². The zero-order valence-corrected chi connectivity index (χ0v) is 3.43. The number of nitrogens with one attached hydrogen (secondary N) is 1. The van der Waals surface area contributed by atoms with Gasteiger partial charge in [0, 0.05) is 6.92 Å². The second kappa shape index (κ2) is 1.08. The van der Waals surface area contributed by atoms with E-state index in [0.29, 0.717) is 0 Å². The molecule has 1 aromatic rings.